The van der Waals surface area contributed by atoms with E-state index in [9.17, 15) is 18.0 Å². The average molecular weight is 583 g/mol. The lowest BCUT2D eigenvalue weighted by atomic mass is 10.0. The number of amides is 1. The van der Waals surface area contributed by atoms with Gasteiger partial charge in [-0.3, -0.25) is 9.59 Å². The lowest BCUT2D eigenvalue weighted by molar-refractivity contribution is -0.119. The van der Waals surface area contributed by atoms with Crippen molar-refractivity contribution in [2.45, 2.75) is 25.3 Å². The molecule has 1 N–H and O–H groups in total. The van der Waals surface area contributed by atoms with E-state index >= 15 is 0 Å². The normalized spacial score (nSPS) is 11.7. The second kappa shape index (κ2) is 10.3. The Morgan fingerprint density at radius 2 is 1.74 bits per heavy atom. The minimum atomic E-state index is -4.07. The van der Waals surface area contributed by atoms with Crippen molar-refractivity contribution in [1.82, 2.24) is 18.8 Å². The summed E-state index contributed by atoms with van der Waals surface area (Å²) >= 11 is 0. The van der Waals surface area contributed by atoms with Crippen LogP contribution in [0, 0.1) is 6.92 Å². The fraction of sp³-hybridized carbons (Fsp3) is 0.129. The number of hydrogen-bond acceptors (Lipinski definition) is 7. The summed E-state index contributed by atoms with van der Waals surface area (Å²) in [5, 5.41) is 3.10. The molecule has 3 heterocycles. The standard InChI is InChI=1S/C31H26N4O6S/c1-19-9-11-22(12-10-19)42(38,39)35-16-15-23-25(18-34(3)31(37)29(23)35)24-13-14-26-28(33-27(41-26)17-32-20(2)36)30(24)40-21-7-5-4-6-8-21/h4-16,18H,17H2,1-3H3,(H,32,36). The minimum Gasteiger partial charge on any atom is -0.454 e. The quantitative estimate of drug-likeness (QED) is 0.277. The Morgan fingerprint density at radius 1 is 1.00 bits per heavy atom. The van der Waals surface area contributed by atoms with Crippen molar-refractivity contribution in [3.8, 4) is 22.6 Å². The number of hydrogen-bond donors (Lipinski definition) is 1. The highest BCUT2D eigenvalue weighted by molar-refractivity contribution is 7.90. The smallest absolute Gasteiger partial charge is 0.275 e. The number of rotatable bonds is 7. The van der Waals surface area contributed by atoms with Crippen molar-refractivity contribution in [3.05, 3.63) is 107 Å². The van der Waals surface area contributed by atoms with Crippen LogP contribution in [0.1, 0.15) is 18.4 Å². The predicted molar refractivity (Wildman–Crippen MR) is 158 cm³/mol. The summed E-state index contributed by atoms with van der Waals surface area (Å²) in [6.07, 6.45) is 3.04. The van der Waals surface area contributed by atoms with Gasteiger partial charge in [-0.15, -0.1) is 0 Å². The molecular formula is C31H26N4O6S. The van der Waals surface area contributed by atoms with Crippen LogP contribution in [0.4, 0.5) is 0 Å². The summed E-state index contributed by atoms with van der Waals surface area (Å²) in [6.45, 7) is 3.36. The first kappa shape index (κ1) is 27.0. The molecule has 0 spiro atoms. The number of carbonyl (C=O) groups is 1. The summed E-state index contributed by atoms with van der Waals surface area (Å²) in [7, 11) is -2.50. The molecule has 1 amide bonds. The molecule has 3 aromatic carbocycles. The maximum Gasteiger partial charge on any atom is 0.275 e. The Balaban J connectivity index is 1.59. The number of aryl methyl sites for hydroxylation is 2. The third-order valence-electron chi connectivity index (χ3n) is 6.87. The van der Waals surface area contributed by atoms with Crippen LogP contribution in [0.3, 0.4) is 0 Å². The lowest BCUT2D eigenvalue weighted by Crippen LogP contribution is -2.22. The second-order valence-electron chi connectivity index (χ2n) is 9.87. The molecule has 0 aliphatic rings. The molecule has 0 saturated heterocycles. The monoisotopic (exact) mass is 582 g/mol. The molecule has 0 bridgehead atoms. The molecule has 0 aliphatic carbocycles. The SMILES string of the molecule is CC(=O)NCc1nc2c(Oc3ccccc3)c(-c3cn(C)c(=O)c4c3ccn4S(=O)(=O)c3ccc(C)cc3)ccc2o1. The topological polar surface area (TPSA) is 125 Å². The number of carbonyl (C=O) groups excluding carboxylic acids is 1. The maximum absolute atomic E-state index is 13.7. The molecule has 0 aliphatic heterocycles. The van der Waals surface area contributed by atoms with Gasteiger partial charge < -0.3 is 19.0 Å². The van der Waals surface area contributed by atoms with Crippen LogP contribution in [-0.4, -0.2) is 27.8 Å². The summed E-state index contributed by atoms with van der Waals surface area (Å²) < 4.78 is 41.9. The molecule has 0 fully saturated rings. The lowest BCUT2D eigenvalue weighted by Gasteiger charge is -2.14. The molecule has 0 saturated carbocycles. The van der Waals surface area contributed by atoms with Gasteiger partial charge in [0.05, 0.1) is 11.4 Å². The van der Waals surface area contributed by atoms with Gasteiger partial charge >= 0.3 is 0 Å². The van der Waals surface area contributed by atoms with Gasteiger partial charge in [-0.05, 0) is 49.4 Å². The van der Waals surface area contributed by atoms with Gasteiger partial charge in [0.25, 0.3) is 15.6 Å². The first-order valence-corrected chi connectivity index (χ1v) is 14.5. The van der Waals surface area contributed by atoms with Crippen LogP contribution < -0.4 is 15.6 Å². The highest BCUT2D eigenvalue weighted by Crippen LogP contribution is 2.42. The number of nitrogens with one attached hydrogen (secondary N) is 1. The van der Waals surface area contributed by atoms with Gasteiger partial charge in [0, 0.05) is 42.9 Å². The Morgan fingerprint density at radius 3 is 2.45 bits per heavy atom. The highest BCUT2D eigenvalue weighted by atomic mass is 32.2. The van der Waals surface area contributed by atoms with E-state index in [1.807, 2.05) is 25.1 Å². The van der Waals surface area contributed by atoms with Crippen molar-refractivity contribution >= 4 is 37.9 Å². The van der Waals surface area contributed by atoms with E-state index in [4.69, 9.17) is 9.15 Å². The number of oxazole rings is 1. The van der Waals surface area contributed by atoms with Gasteiger partial charge in [0.2, 0.25) is 11.8 Å². The van der Waals surface area contributed by atoms with Gasteiger partial charge in [0.1, 0.15) is 11.3 Å². The zero-order valence-electron chi connectivity index (χ0n) is 23.0. The summed E-state index contributed by atoms with van der Waals surface area (Å²) in [6, 6.07) is 20.7. The fourth-order valence-corrected chi connectivity index (χ4v) is 6.13. The molecule has 11 heteroatoms. The highest BCUT2D eigenvalue weighted by Gasteiger charge is 2.25. The maximum atomic E-state index is 13.7. The van der Waals surface area contributed by atoms with Crippen LogP contribution in [0.15, 0.2) is 99.3 Å². The number of fused-ring (bicyclic) bond motifs is 2. The Kier molecular flexibility index (Phi) is 6.66. The third kappa shape index (κ3) is 4.73. The van der Waals surface area contributed by atoms with Gasteiger partial charge in [-0.2, -0.15) is 0 Å². The van der Waals surface area contributed by atoms with Crippen LogP contribution in [-0.2, 0) is 28.4 Å². The van der Waals surface area contributed by atoms with Crippen LogP contribution in [0.5, 0.6) is 11.5 Å². The molecule has 0 atom stereocenters. The van der Waals surface area contributed by atoms with E-state index in [-0.39, 0.29) is 28.8 Å². The number of aromatic nitrogens is 3. The zero-order chi connectivity index (χ0) is 29.6. The minimum absolute atomic E-state index is 0.00725. The number of nitrogens with zero attached hydrogens (tertiary/aromatic N) is 3. The zero-order valence-corrected chi connectivity index (χ0v) is 23.8. The van der Waals surface area contributed by atoms with Crippen LogP contribution in [0.25, 0.3) is 33.1 Å². The van der Waals surface area contributed by atoms with E-state index in [1.165, 1.54) is 29.8 Å². The number of benzene rings is 3. The third-order valence-corrected chi connectivity index (χ3v) is 8.56. The molecule has 6 aromatic rings. The Bertz CT molecular complexity index is 2140. The van der Waals surface area contributed by atoms with E-state index in [0.717, 1.165) is 9.54 Å². The Hall–Kier alpha value is -5.16. The first-order chi connectivity index (χ1) is 20.1. The average Bonchev–Trinajstić information content (AvgIpc) is 3.61. The van der Waals surface area contributed by atoms with Crippen molar-refractivity contribution < 1.29 is 22.4 Å². The van der Waals surface area contributed by atoms with Gasteiger partial charge in [-0.1, -0.05) is 35.9 Å². The molecule has 10 nitrogen and oxygen atoms in total. The molecule has 212 valence electrons. The second-order valence-corrected chi connectivity index (χ2v) is 11.7. The van der Waals surface area contributed by atoms with Crippen molar-refractivity contribution in [2.75, 3.05) is 0 Å². The van der Waals surface area contributed by atoms with Crippen LogP contribution >= 0.6 is 0 Å². The summed E-state index contributed by atoms with van der Waals surface area (Å²) in [5.41, 5.74) is 2.42. The van der Waals surface area contributed by atoms with E-state index < -0.39 is 15.6 Å². The number of ether oxygens (including phenoxy) is 1. The molecule has 0 radical (unpaired) electrons. The largest absolute Gasteiger partial charge is 0.454 e. The number of pyridine rings is 1. The Labute approximate surface area is 240 Å². The van der Waals surface area contributed by atoms with Crippen molar-refractivity contribution in [2.24, 2.45) is 7.05 Å². The summed E-state index contributed by atoms with van der Waals surface area (Å²) in [5.74, 6) is 0.955. The van der Waals surface area contributed by atoms with Crippen LogP contribution in [0.2, 0.25) is 0 Å². The van der Waals surface area contributed by atoms with Gasteiger partial charge in [-0.25, -0.2) is 17.4 Å². The van der Waals surface area contributed by atoms with E-state index in [0.29, 0.717) is 39.1 Å². The van der Waals surface area contributed by atoms with Crippen molar-refractivity contribution in [3.63, 3.8) is 0 Å². The molecule has 6 rings (SSSR count). The fourth-order valence-electron chi connectivity index (χ4n) is 4.78. The predicted octanol–water partition coefficient (Wildman–Crippen LogP) is 5.12. The van der Waals surface area contributed by atoms with E-state index in [1.54, 1.807) is 55.7 Å². The number of para-hydroxylation sites is 1. The molecule has 3 aromatic heterocycles. The summed E-state index contributed by atoms with van der Waals surface area (Å²) in [4.78, 5) is 29.6. The molecular weight excluding hydrogens is 556 g/mol. The van der Waals surface area contributed by atoms with Crippen molar-refractivity contribution in [1.29, 1.82) is 0 Å². The first-order valence-electron chi connectivity index (χ1n) is 13.1. The van der Waals surface area contributed by atoms with E-state index in [2.05, 4.69) is 10.3 Å². The molecule has 42 heavy (non-hydrogen) atoms. The van der Waals surface area contributed by atoms with Gasteiger partial charge in [0.15, 0.2) is 16.8 Å². The molecule has 0 unspecified atom stereocenters.